The number of ether oxygens (including phenoxy) is 1. The zero-order valence-corrected chi connectivity index (χ0v) is 18.4. The second-order valence-corrected chi connectivity index (χ2v) is 8.35. The van der Waals surface area contributed by atoms with Crippen LogP contribution in [-0.2, 0) is 22.6 Å². The first kappa shape index (κ1) is 21.9. The number of rotatable bonds is 6. The number of H-pyrrole nitrogens is 1. The molecule has 2 amide bonds. The lowest BCUT2D eigenvalue weighted by atomic mass is 10.1. The van der Waals surface area contributed by atoms with Gasteiger partial charge in [-0.05, 0) is 61.2 Å². The van der Waals surface area contributed by atoms with E-state index in [0.717, 1.165) is 33.5 Å². The summed E-state index contributed by atoms with van der Waals surface area (Å²) < 4.78 is 19.0. The number of carbonyl (C=O) groups excluding carboxylic acids is 2. The second kappa shape index (κ2) is 9.42. The molecular formula is C25H28FN3O3. The Bertz CT molecular complexity index is 1140. The highest BCUT2D eigenvalue weighted by molar-refractivity contribution is 5.90. The van der Waals surface area contributed by atoms with E-state index in [1.165, 1.54) is 12.1 Å². The number of fused-ring (bicyclic) bond motifs is 1. The molecule has 0 saturated carbocycles. The van der Waals surface area contributed by atoms with E-state index in [-0.39, 0.29) is 30.1 Å². The van der Waals surface area contributed by atoms with Gasteiger partial charge in [0.05, 0.1) is 13.5 Å². The number of nitrogens with one attached hydrogen (secondary N) is 2. The van der Waals surface area contributed by atoms with Crippen LogP contribution in [0.3, 0.4) is 0 Å². The zero-order valence-electron chi connectivity index (χ0n) is 18.4. The number of aromatic amines is 1. The van der Waals surface area contributed by atoms with Gasteiger partial charge in [-0.3, -0.25) is 9.59 Å². The fraction of sp³-hybridized carbons (Fsp3) is 0.360. The van der Waals surface area contributed by atoms with Gasteiger partial charge < -0.3 is 19.9 Å². The lowest BCUT2D eigenvalue weighted by molar-refractivity contribution is -0.131. The van der Waals surface area contributed by atoms with Crippen molar-refractivity contribution in [1.29, 1.82) is 0 Å². The third-order valence-corrected chi connectivity index (χ3v) is 6.10. The van der Waals surface area contributed by atoms with Crippen LogP contribution in [0.5, 0.6) is 5.75 Å². The highest BCUT2D eigenvalue weighted by Crippen LogP contribution is 2.24. The normalized spacial score (nSPS) is 16.8. The predicted molar refractivity (Wildman–Crippen MR) is 121 cm³/mol. The van der Waals surface area contributed by atoms with Crippen LogP contribution in [0.15, 0.2) is 42.5 Å². The molecule has 0 aliphatic carbocycles. The summed E-state index contributed by atoms with van der Waals surface area (Å²) in [5, 5.41) is 3.82. The van der Waals surface area contributed by atoms with Gasteiger partial charge in [-0.1, -0.05) is 12.1 Å². The molecule has 168 valence electrons. The van der Waals surface area contributed by atoms with Crippen molar-refractivity contribution in [2.24, 2.45) is 0 Å². The smallest absolute Gasteiger partial charge is 0.224 e. The SMILES string of the molecule is COc1cccc(CN2CCC(NC(=O)Cc3c(C)[nH]c4ccc(F)cc34)CCC2=O)c1. The van der Waals surface area contributed by atoms with Gasteiger partial charge in [-0.15, -0.1) is 0 Å². The Morgan fingerprint density at radius 3 is 2.91 bits per heavy atom. The molecule has 1 fully saturated rings. The zero-order chi connectivity index (χ0) is 22.7. The van der Waals surface area contributed by atoms with Crippen LogP contribution in [0.2, 0.25) is 0 Å². The minimum atomic E-state index is -0.323. The molecule has 1 saturated heterocycles. The molecule has 1 unspecified atom stereocenters. The number of benzene rings is 2. The minimum Gasteiger partial charge on any atom is -0.497 e. The summed E-state index contributed by atoms with van der Waals surface area (Å²) in [4.78, 5) is 30.4. The van der Waals surface area contributed by atoms with Crippen molar-refractivity contribution in [3.63, 3.8) is 0 Å². The number of aromatic nitrogens is 1. The molecule has 3 aromatic rings. The Labute approximate surface area is 186 Å². The molecule has 2 N–H and O–H groups in total. The first-order chi connectivity index (χ1) is 15.4. The first-order valence-corrected chi connectivity index (χ1v) is 10.9. The fourth-order valence-corrected chi connectivity index (χ4v) is 4.36. The van der Waals surface area contributed by atoms with Crippen molar-refractivity contribution in [3.05, 3.63) is 65.1 Å². The maximum Gasteiger partial charge on any atom is 0.224 e. The molecule has 32 heavy (non-hydrogen) atoms. The van der Waals surface area contributed by atoms with Crippen LogP contribution in [0.1, 0.15) is 36.1 Å². The third kappa shape index (κ3) is 4.93. The molecule has 1 aliphatic heterocycles. The van der Waals surface area contributed by atoms with Gasteiger partial charge in [-0.25, -0.2) is 4.39 Å². The Morgan fingerprint density at radius 1 is 1.25 bits per heavy atom. The van der Waals surface area contributed by atoms with Gasteiger partial charge in [0.2, 0.25) is 11.8 Å². The second-order valence-electron chi connectivity index (χ2n) is 8.35. The predicted octanol–water partition coefficient (Wildman–Crippen LogP) is 3.86. The highest BCUT2D eigenvalue weighted by atomic mass is 19.1. The molecule has 2 aromatic carbocycles. The molecule has 2 heterocycles. The van der Waals surface area contributed by atoms with Gasteiger partial charge in [0.15, 0.2) is 0 Å². The number of halogens is 1. The average Bonchev–Trinajstić information content (AvgIpc) is 2.97. The number of amides is 2. The summed E-state index contributed by atoms with van der Waals surface area (Å²) in [6.45, 7) is 3.00. The van der Waals surface area contributed by atoms with E-state index in [4.69, 9.17) is 4.74 Å². The standard InChI is InChI=1S/C25H28FN3O3/c1-16-21(22-13-18(26)6-8-23(22)27-16)14-24(30)28-19-7-9-25(31)29(11-10-19)15-17-4-3-5-20(12-17)32-2/h3-6,8,12-13,19,27H,7,9-11,14-15H2,1-2H3,(H,28,30). The highest BCUT2D eigenvalue weighted by Gasteiger charge is 2.24. The van der Waals surface area contributed by atoms with Crippen LogP contribution in [0.25, 0.3) is 10.9 Å². The van der Waals surface area contributed by atoms with E-state index in [1.54, 1.807) is 13.2 Å². The summed E-state index contributed by atoms with van der Waals surface area (Å²) >= 11 is 0. The van der Waals surface area contributed by atoms with Gasteiger partial charge in [-0.2, -0.15) is 0 Å². The van der Waals surface area contributed by atoms with Crippen molar-refractivity contribution >= 4 is 22.7 Å². The molecule has 0 radical (unpaired) electrons. The van der Waals surface area contributed by atoms with Gasteiger partial charge >= 0.3 is 0 Å². The molecular weight excluding hydrogens is 409 g/mol. The largest absolute Gasteiger partial charge is 0.497 e. The lowest BCUT2D eigenvalue weighted by Gasteiger charge is -2.21. The Balaban J connectivity index is 1.37. The topological polar surface area (TPSA) is 74.4 Å². The fourth-order valence-electron chi connectivity index (χ4n) is 4.36. The monoisotopic (exact) mass is 437 g/mol. The van der Waals surface area contributed by atoms with Crippen molar-refractivity contribution in [1.82, 2.24) is 15.2 Å². The van der Waals surface area contributed by atoms with Gasteiger partial charge in [0.1, 0.15) is 11.6 Å². The quantitative estimate of drug-likeness (QED) is 0.615. The maximum atomic E-state index is 13.7. The Kier molecular flexibility index (Phi) is 6.44. The summed E-state index contributed by atoms with van der Waals surface area (Å²) in [7, 11) is 1.62. The minimum absolute atomic E-state index is 0.0657. The number of nitrogens with zero attached hydrogens (tertiary/aromatic N) is 1. The molecule has 0 spiro atoms. The summed E-state index contributed by atoms with van der Waals surface area (Å²) in [5.74, 6) is 0.420. The van der Waals surface area contributed by atoms with E-state index in [0.29, 0.717) is 32.4 Å². The molecule has 1 atom stereocenters. The van der Waals surface area contributed by atoms with E-state index in [9.17, 15) is 14.0 Å². The number of likely N-dealkylation sites (tertiary alicyclic amines) is 1. The van der Waals surface area contributed by atoms with Crippen LogP contribution >= 0.6 is 0 Å². The van der Waals surface area contributed by atoms with Crippen molar-refractivity contribution in [2.45, 2.75) is 45.2 Å². The van der Waals surface area contributed by atoms with Crippen LogP contribution < -0.4 is 10.1 Å². The number of hydrogen-bond acceptors (Lipinski definition) is 3. The third-order valence-electron chi connectivity index (χ3n) is 6.10. The molecule has 1 aliphatic rings. The molecule has 1 aromatic heterocycles. The number of hydrogen-bond donors (Lipinski definition) is 2. The summed E-state index contributed by atoms with van der Waals surface area (Å²) in [6.07, 6.45) is 1.88. The first-order valence-electron chi connectivity index (χ1n) is 10.9. The van der Waals surface area contributed by atoms with E-state index >= 15 is 0 Å². The molecule has 4 rings (SSSR count). The summed E-state index contributed by atoms with van der Waals surface area (Å²) in [5.41, 5.74) is 3.50. The number of methoxy groups -OCH3 is 1. The van der Waals surface area contributed by atoms with Crippen molar-refractivity contribution in [3.8, 4) is 5.75 Å². The van der Waals surface area contributed by atoms with Crippen LogP contribution in [0.4, 0.5) is 4.39 Å². The molecule has 6 nitrogen and oxygen atoms in total. The Hall–Kier alpha value is -3.35. The van der Waals surface area contributed by atoms with Crippen LogP contribution in [-0.4, -0.2) is 41.4 Å². The number of aryl methyl sites for hydroxylation is 1. The molecule has 7 heteroatoms. The Morgan fingerprint density at radius 2 is 2.09 bits per heavy atom. The van der Waals surface area contributed by atoms with Crippen LogP contribution in [0, 0.1) is 12.7 Å². The maximum absolute atomic E-state index is 13.7. The molecule has 0 bridgehead atoms. The average molecular weight is 438 g/mol. The number of carbonyl (C=O) groups is 2. The van der Waals surface area contributed by atoms with E-state index < -0.39 is 0 Å². The summed E-state index contributed by atoms with van der Waals surface area (Å²) in [6, 6.07) is 12.2. The van der Waals surface area contributed by atoms with Crippen molar-refractivity contribution in [2.75, 3.05) is 13.7 Å². The van der Waals surface area contributed by atoms with E-state index in [1.807, 2.05) is 36.1 Å². The lowest BCUT2D eigenvalue weighted by Crippen LogP contribution is -2.36. The van der Waals surface area contributed by atoms with E-state index in [2.05, 4.69) is 10.3 Å². The van der Waals surface area contributed by atoms with Crippen molar-refractivity contribution < 1.29 is 18.7 Å². The van der Waals surface area contributed by atoms with Gasteiger partial charge in [0, 0.05) is 42.1 Å². The van der Waals surface area contributed by atoms with Gasteiger partial charge in [0.25, 0.3) is 0 Å².